The fraction of sp³-hybridized carbons (Fsp3) is 0.333. The van der Waals surface area contributed by atoms with Gasteiger partial charge in [-0.05, 0) is 41.8 Å². The van der Waals surface area contributed by atoms with Crippen LogP contribution >= 0.6 is 0 Å². The maximum Gasteiger partial charge on any atom is 0.116 e. The summed E-state index contributed by atoms with van der Waals surface area (Å²) in [7, 11) is 0. The van der Waals surface area contributed by atoms with Gasteiger partial charge in [0.15, 0.2) is 0 Å². The van der Waals surface area contributed by atoms with Crippen molar-refractivity contribution in [3.05, 3.63) is 28.7 Å². The largest absolute Gasteiger partial charge is 0.508 e. The molecule has 0 aliphatic carbocycles. The molecule has 0 amide bonds. The zero-order chi connectivity index (χ0) is 9.68. The van der Waals surface area contributed by atoms with E-state index in [0.29, 0.717) is 24.1 Å². The van der Waals surface area contributed by atoms with Crippen LogP contribution in [-0.2, 0) is 6.42 Å². The third-order valence-electron chi connectivity index (χ3n) is 1.77. The number of rotatable bonds is 4. The van der Waals surface area contributed by atoms with Gasteiger partial charge in [-0.3, -0.25) is 0 Å². The highest BCUT2D eigenvalue weighted by molar-refractivity contribution is 5.49. The molecular weight excluding hydrogens is 170 g/mol. The molecule has 4 nitrogen and oxygen atoms in total. The number of phenols is 1. The number of phenolic OH excluding ortho intramolecular Hbond substituents is 1. The summed E-state index contributed by atoms with van der Waals surface area (Å²) in [5.41, 5.74) is 0.996. The quantitative estimate of drug-likeness (QED) is 0.694. The number of hydrogen-bond donors (Lipinski definition) is 2. The van der Waals surface area contributed by atoms with Gasteiger partial charge in [0.2, 0.25) is 0 Å². The Hall–Kier alpha value is -1.42. The number of nitroso groups, excluding NO2 is 1. The van der Waals surface area contributed by atoms with Crippen LogP contribution in [0.4, 0.5) is 5.69 Å². The first kappa shape index (κ1) is 9.67. The lowest BCUT2D eigenvalue weighted by atomic mass is 10.1. The second kappa shape index (κ2) is 4.57. The summed E-state index contributed by atoms with van der Waals surface area (Å²) in [6.45, 7) is 0.0634. The van der Waals surface area contributed by atoms with Gasteiger partial charge in [-0.25, -0.2) is 0 Å². The third kappa shape index (κ3) is 2.52. The number of hydrogen-bond acceptors (Lipinski definition) is 4. The summed E-state index contributed by atoms with van der Waals surface area (Å²) in [6, 6.07) is 4.38. The lowest BCUT2D eigenvalue weighted by molar-refractivity contribution is 0.288. The minimum atomic E-state index is 0.0634. The summed E-state index contributed by atoms with van der Waals surface area (Å²) in [5, 5.41) is 20.5. The molecule has 0 heterocycles. The minimum absolute atomic E-state index is 0.0634. The predicted molar refractivity (Wildman–Crippen MR) is 49.0 cm³/mol. The average molecular weight is 181 g/mol. The van der Waals surface area contributed by atoms with Crippen molar-refractivity contribution in [1.29, 1.82) is 0 Å². The van der Waals surface area contributed by atoms with Crippen LogP contribution in [0, 0.1) is 4.91 Å². The summed E-state index contributed by atoms with van der Waals surface area (Å²) in [4.78, 5) is 10.3. The van der Waals surface area contributed by atoms with E-state index >= 15 is 0 Å². The molecule has 0 bridgehead atoms. The number of aliphatic hydroxyl groups is 1. The Morgan fingerprint density at radius 2 is 2.15 bits per heavy atom. The molecule has 0 atom stereocenters. The van der Waals surface area contributed by atoms with Crippen LogP contribution in [0.3, 0.4) is 0 Å². The van der Waals surface area contributed by atoms with Gasteiger partial charge in [0.05, 0.1) is 0 Å². The Morgan fingerprint density at radius 1 is 1.38 bits per heavy atom. The standard InChI is InChI=1S/C9H11NO3/c11-5-1-2-7-6-8(12)3-4-9(7)10-13/h3-4,6,11-12H,1-2,5H2. The van der Waals surface area contributed by atoms with Crippen molar-refractivity contribution in [2.24, 2.45) is 5.18 Å². The molecule has 13 heavy (non-hydrogen) atoms. The number of nitrogens with zero attached hydrogens (tertiary/aromatic N) is 1. The first-order chi connectivity index (χ1) is 6.27. The molecule has 0 unspecified atom stereocenters. The summed E-state index contributed by atoms with van der Waals surface area (Å²) >= 11 is 0. The molecule has 0 saturated heterocycles. The number of benzene rings is 1. The zero-order valence-corrected chi connectivity index (χ0v) is 7.10. The van der Waals surface area contributed by atoms with Gasteiger partial charge in [-0.15, -0.1) is 4.91 Å². The monoisotopic (exact) mass is 181 g/mol. The average Bonchev–Trinajstić information content (AvgIpc) is 2.15. The third-order valence-corrected chi connectivity index (χ3v) is 1.77. The maximum atomic E-state index is 10.3. The first-order valence-corrected chi connectivity index (χ1v) is 4.04. The van der Waals surface area contributed by atoms with Crippen molar-refractivity contribution in [2.75, 3.05) is 6.61 Å². The van der Waals surface area contributed by atoms with Crippen LogP contribution in [0.25, 0.3) is 0 Å². The highest BCUT2D eigenvalue weighted by atomic mass is 16.3. The van der Waals surface area contributed by atoms with Gasteiger partial charge in [0.1, 0.15) is 11.4 Å². The van der Waals surface area contributed by atoms with E-state index in [-0.39, 0.29) is 12.4 Å². The second-order valence-corrected chi connectivity index (χ2v) is 2.73. The van der Waals surface area contributed by atoms with Gasteiger partial charge >= 0.3 is 0 Å². The molecule has 0 aromatic heterocycles. The Morgan fingerprint density at radius 3 is 2.77 bits per heavy atom. The van der Waals surface area contributed by atoms with Crippen molar-refractivity contribution in [3.8, 4) is 5.75 Å². The first-order valence-electron chi connectivity index (χ1n) is 4.04. The van der Waals surface area contributed by atoms with Gasteiger partial charge in [0.25, 0.3) is 0 Å². The molecule has 2 N–H and O–H groups in total. The van der Waals surface area contributed by atoms with Gasteiger partial charge in [-0.2, -0.15) is 0 Å². The molecule has 0 saturated carbocycles. The van der Waals surface area contributed by atoms with E-state index in [4.69, 9.17) is 10.2 Å². The number of aromatic hydroxyl groups is 1. The molecular formula is C9H11NO3. The molecule has 0 fully saturated rings. The van der Waals surface area contributed by atoms with E-state index in [1.807, 2.05) is 0 Å². The maximum absolute atomic E-state index is 10.3. The number of aliphatic hydroxyl groups excluding tert-OH is 1. The molecule has 1 rings (SSSR count). The molecule has 1 aromatic carbocycles. The molecule has 0 spiro atoms. The normalized spacial score (nSPS) is 9.92. The molecule has 0 aliphatic rings. The minimum Gasteiger partial charge on any atom is -0.508 e. The highest BCUT2D eigenvalue weighted by Gasteiger charge is 2.03. The predicted octanol–water partition coefficient (Wildman–Crippen LogP) is 1.71. The van der Waals surface area contributed by atoms with E-state index < -0.39 is 0 Å². The second-order valence-electron chi connectivity index (χ2n) is 2.73. The molecule has 0 aliphatic heterocycles. The van der Waals surface area contributed by atoms with E-state index in [0.717, 1.165) is 0 Å². The molecule has 0 radical (unpaired) electrons. The van der Waals surface area contributed by atoms with E-state index in [1.54, 1.807) is 0 Å². The zero-order valence-electron chi connectivity index (χ0n) is 7.10. The van der Waals surface area contributed by atoms with Crippen molar-refractivity contribution >= 4 is 5.69 Å². The van der Waals surface area contributed by atoms with Crippen LogP contribution < -0.4 is 0 Å². The molecule has 1 aromatic rings. The number of aryl methyl sites for hydroxylation is 1. The Labute approximate surface area is 75.8 Å². The highest BCUT2D eigenvalue weighted by Crippen LogP contribution is 2.24. The van der Waals surface area contributed by atoms with Crippen LogP contribution in [0.2, 0.25) is 0 Å². The lowest BCUT2D eigenvalue weighted by Gasteiger charge is -2.02. The summed E-state index contributed by atoms with van der Waals surface area (Å²) in [6.07, 6.45) is 1.11. The van der Waals surface area contributed by atoms with Gasteiger partial charge in [0, 0.05) is 6.61 Å². The van der Waals surface area contributed by atoms with Crippen molar-refractivity contribution in [2.45, 2.75) is 12.8 Å². The fourth-order valence-corrected chi connectivity index (χ4v) is 1.13. The smallest absolute Gasteiger partial charge is 0.116 e. The van der Waals surface area contributed by atoms with E-state index in [1.165, 1.54) is 18.2 Å². The summed E-state index contributed by atoms with van der Waals surface area (Å²) < 4.78 is 0. The van der Waals surface area contributed by atoms with Crippen molar-refractivity contribution < 1.29 is 10.2 Å². The topological polar surface area (TPSA) is 69.9 Å². The van der Waals surface area contributed by atoms with Crippen molar-refractivity contribution in [1.82, 2.24) is 0 Å². The molecule has 4 heteroatoms. The Kier molecular flexibility index (Phi) is 3.40. The summed E-state index contributed by atoms with van der Waals surface area (Å²) in [5.74, 6) is 0.111. The SMILES string of the molecule is O=Nc1ccc(O)cc1CCCO. The Bertz CT molecular complexity index is 299. The van der Waals surface area contributed by atoms with Crippen LogP contribution in [0.5, 0.6) is 5.75 Å². The van der Waals surface area contributed by atoms with Crippen LogP contribution in [0.15, 0.2) is 23.4 Å². The van der Waals surface area contributed by atoms with E-state index in [2.05, 4.69) is 5.18 Å². The van der Waals surface area contributed by atoms with Gasteiger partial charge in [-0.1, -0.05) is 0 Å². The van der Waals surface area contributed by atoms with E-state index in [9.17, 15) is 4.91 Å². The Balaban J connectivity index is 2.87. The molecule has 70 valence electrons. The van der Waals surface area contributed by atoms with Crippen LogP contribution in [0.1, 0.15) is 12.0 Å². The fourth-order valence-electron chi connectivity index (χ4n) is 1.13. The lowest BCUT2D eigenvalue weighted by Crippen LogP contribution is -1.89. The van der Waals surface area contributed by atoms with Crippen LogP contribution in [-0.4, -0.2) is 16.8 Å². The van der Waals surface area contributed by atoms with Crippen molar-refractivity contribution in [3.63, 3.8) is 0 Å². The van der Waals surface area contributed by atoms with Gasteiger partial charge < -0.3 is 10.2 Å².